The van der Waals surface area contributed by atoms with E-state index in [-0.39, 0.29) is 0 Å². The molecule has 0 atom stereocenters. The first-order chi connectivity index (χ1) is 9.25. The van der Waals surface area contributed by atoms with Crippen LogP contribution in [-0.2, 0) is 6.54 Å². The molecule has 4 nitrogen and oxygen atoms in total. The normalized spacial score (nSPS) is 16.8. The zero-order chi connectivity index (χ0) is 13.2. The SMILES string of the molecule is NC(=O)c1nn(CC2CCCCC2)c2ccccc12. The van der Waals surface area contributed by atoms with Crippen molar-refractivity contribution in [3.8, 4) is 0 Å². The maximum Gasteiger partial charge on any atom is 0.269 e. The number of aromatic nitrogens is 2. The summed E-state index contributed by atoms with van der Waals surface area (Å²) in [6.07, 6.45) is 6.50. The van der Waals surface area contributed by atoms with Crippen LogP contribution in [0.1, 0.15) is 42.6 Å². The number of para-hydroxylation sites is 1. The van der Waals surface area contributed by atoms with Crippen LogP contribution < -0.4 is 5.73 Å². The third kappa shape index (κ3) is 2.35. The number of hydrogen-bond donors (Lipinski definition) is 1. The minimum atomic E-state index is -0.446. The monoisotopic (exact) mass is 257 g/mol. The fourth-order valence-electron chi connectivity index (χ4n) is 3.06. The zero-order valence-corrected chi connectivity index (χ0v) is 11.0. The molecule has 2 aromatic rings. The highest BCUT2D eigenvalue weighted by molar-refractivity contribution is 6.04. The van der Waals surface area contributed by atoms with Gasteiger partial charge in [-0.05, 0) is 24.8 Å². The molecule has 1 aromatic carbocycles. The molecule has 0 aliphatic heterocycles. The Labute approximate surface area is 112 Å². The number of carbonyl (C=O) groups excluding carboxylic acids is 1. The fourth-order valence-corrected chi connectivity index (χ4v) is 3.06. The Kier molecular flexibility index (Phi) is 3.23. The van der Waals surface area contributed by atoms with Crippen LogP contribution in [0.3, 0.4) is 0 Å². The molecular formula is C15H19N3O. The zero-order valence-electron chi connectivity index (χ0n) is 11.0. The van der Waals surface area contributed by atoms with E-state index in [0.29, 0.717) is 11.6 Å². The second-order valence-corrected chi connectivity index (χ2v) is 5.42. The molecule has 0 radical (unpaired) electrons. The molecule has 0 unspecified atom stereocenters. The predicted molar refractivity (Wildman–Crippen MR) is 74.8 cm³/mol. The first-order valence-corrected chi connectivity index (χ1v) is 7.01. The number of nitrogens with two attached hydrogens (primary N) is 1. The van der Waals surface area contributed by atoms with E-state index in [1.165, 1.54) is 32.1 Å². The van der Waals surface area contributed by atoms with E-state index < -0.39 is 5.91 Å². The van der Waals surface area contributed by atoms with Crippen molar-refractivity contribution in [3.05, 3.63) is 30.0 Å². The topological polar surface area (TPSA) is 60.9 Å². The van der Waals surface area contributed by atoms with Gasteiger partial charge in [0.2, 0.25) is 0 Å². The third-order valence-electron chi connectivity index (χ3n) is 4.05. The highest BCUT2D eigenvalue weighted by Crippen LogP contribution is 2.27. The van der Waals surface area contributed by atoms with E-state index in [4.69, 9.17) is 5.73 Å². The van der Waals surface area contributed by atoms with Gasteiger partial charge in [-0.2, -0.15) is 5.10 Å². The second kappa shape index (κ2) is 5.03. The van der Waals surface area contributed by atoms with Crippen molar-refractivity contribution in [1.82, 2.24) is 9.78 Å². The molecule has 1 fully saturated rings. The van der Waals surface area contributed by atoms with Crippen LogP contribution in [0, 0.1) is 5.92 Å². The van der Waals surface area contributed by atoms with E-state index in [0.717, 1.165) is 17.4 Å². The quantitative estimate of drug-likeness (QED) is 0.919. The molecule has 1 amide bonds. The van der Waals surface area contributed by atoms with Crippen LogP contribution in [0.4, 0.5) is 0 Å². The van der Waals surface area contributed by atoms with Gasteiger partial charge < -0.3 is 5.73 Å². The molecule has 1 aromatic heterocycles. The van der Waals surface area contributed by atoms with Gasteiger partial charge in [-0.25, -0.2) is 0 Å². The third-order valence-corrected chi connectivity index (χ3v) is 4.05. The molecule has 2 N–H and O–H groups in total. The van der Waals surface area contributed by atoms with E-state index in [9.17, 15) is 4.79 Å². The van der Waals surface area contributed by atoms with Crippen LogP contribution in [0.2, 0.25) is 0 Å². The van der Waals surface area contributed by atoms with Gasteiger partial charge in [-0.1, -0.05) is 37.5 Å². The van der Waals surface area contributed by atoms with Crippen LogP contribution in [0.5, 0.6) is 0 Å². The summed E-state index contributed by atoms with van der Waals surface area (Å²) in [6, 6.07) is 7.82. The molecule has 4 heteroatoms. The Bertz CT molecular complexity index is 596. The number of primary amides is 1. The number of amides is 1. The molecular weight excluding hydrogens is 238 g/mol. The van der Waals surface area contributed by atoms with E-state index >= 15 is 0 Å². The largest absolute Gasteiger partial charge is 0.364 e. The molecule has 3 rings (SSSR count). The Morgan fingerprint density at radius 2 is 2.00 bits per heavy atom. The summed E-state index contributed by atoms with van der Waals surface area (Å²) in [4.78, 5) is 11.5. The molecule has 1 aliphatic carbocycles. The van der Waals surface area contributed by atoms with Gasteiger partial charge in [0.15, 0.2) is 5.69 Å². The first kappa shape index (κ1) is 12.2. The Morgan fingerprint density at radius 1 is 1.26 bits per heavy atom. The second-order valence-electron chi connectivity index (χ2n) is 5.42. The molecule has 1 heterocycles. The number of rotatable bonds is 3. The number of hydrogen-bond acceptors (Lipinski definition) is 2. The van der Waals surface area contributed by atoms with Crippen molar-refractivity contribution >= 4 is 16.8 Å². The van der Waals surface area contributed by atoms with Gasteiger partial charge in [-0.3, -0.25) is 9.48 Å². The smallest absolute Gasteiger partial charge is 0.269 e. The molecule has 0 spiro atoms. The van der Waals surface area contributed by atoms with Crippen LogP contribution in [0.25, 0.3) is 10.9 Å². The first-order valence-electron chi connectivity index (χ1n) is 7.01. The summed E-state index contributed by atoms with van der Waals surface area (Å²) >= 11 is 0. The van der Waals surface area contributed by atoms with Crippen molar-refractivity contribution in [3.63, 3.8) is 0 Å². The lowest BCUT2D eigenvalue weighted by molar-refractivity contribution is 0.0996. The van der Waals surface area contributed by atoms with Gasteiger partial charge in [0.1, 0.15) is 0 Å². The van der Waals surface area contributed by atoms with Crippen molar-refractivity contribution < 1.29 is 4.79 Å². The average Bonchev–Trinajstić information content (AvgIpc) is 2.79. The number of fused-ring (bicyclic) bond motifs is 1. The van der Waals surface area contributed by atoms with Crippen molar-refractivity contribution in [2.75, 3.05) is 0 Å². The van der Waals surface area contributed by atoms with Crippen molar-refractivity contribution in [2.45, 2.75) is 38.6 Å². The summed E-state index contributed by atoms with van der Waals surface area (Å²) in [6.45, 7) is 0.897. The van der Waals surface area contributed by atoms with E-state index in [2.05, 4.69) is 5.10 Å². The predicted octanol–water partition coefficient (Wildman–Crippen LogP) is 2.72. The fraction of sp³-hybridized carbons (Fsp3) is 0.467. The minimum Gasteiger partial charge on any atom is -0.364 e. The molecule has 1 aliphatic rings. The molecule has 0 bridgehead atoms. The van der Waals surface area contributed by atoms with Gasteiger partial charge in [0.25, 0.3) is 5.91 Å². The summed E-state index contributed by atoms with van der Waals surface area (Å²) in [5, 5.41) is 5.29. The Hall–Kier alpha value is -1.84. The van der Waals surface area contributed by atoms with Gasteiger partial charge in [0, 0.05) is 11.9 Å². The minimum absolute atomic E-state index is 0.395. The lowest BCUT2D eigenvalue weighted by Crippen LogP contribution is -2.17. The number of carbonyl (C=O) groups is 1. The standard InChI is InChI=1S/C15H19N3O/c16-15(19)14-12-8-4-5-9-13(12)18(17-14)10-11-6-2-1-3-7-11/h4-5,8-9,11H,1-3,6-7,10H2,(H2,16,19). The lowest BCUT2D eigenvalue weighted by atomic mass is 9.89. The van der Waals surface area contributed by atoms with Gasteiger partial charge in [-0.15, -0.1) is 0 Å². The van der Waals surface area contributed by atoms with E-state index in [1.54, 1.807) is 0 Å². The van der Waals surface area contributed by atoms with Gasteiger partial charge in [0.05, 0.1) is 5.52 Å². The Balaban J connectivity index is 1.96. The molecule has 0 saturated heterocycles. The Morgan fingerprint density at radius 3 is 2.74 bits per heavy atom. The van der Waals surface area contributed by atoms with Crippen LogP contribution >= 0.6 is 0 Å². The highest BCUT2D eigenvalue weighted by Gasteiger charge is 2.18. The number of nitrogens with zero attached hydrogens (tertiary/aromatic N) is 2. The maximum atomic E-state index is 11.5. The van der Waals surface area contributed by atoms with E-state index in [1.807, 2.05) is 28.9 Å². The molecule has 1 saturated carbocycles. The van der Waals surface area contributed by atoms with Crippen molar-refractivity contribution in [2.24, 2.45) is 11.7 Å². The van der Waals surface area contributed by atoms with Crippen molar-refractivity contribution in [1.29, 1.82) is 0 Å². The summed E-state index contributed by atoms with van der Waals surface area (Å²) < 4.78 is 1.96. The maximum absolute atomic E-state index is 11.5. The summed E-state index contributed by atoms with van der Waals surface area (Å²) in [5.41, 5.74) is 6.82. The average molecular weight is 257 g/mol. The van der Waals surface area contributed by atoms with Crippen LogP contribution in [0.15, 0.2) is 24.3 Å². The highest BCUT2D eigenvalue weighted by atomic mass is 16.1. The molecule has 100 valence electrons. The summed E-state index contributed by atoms with van der Waals surface area (Å²) in [7, 11) is 0. The van der Waals surface area contributed by atoms with Crippen LogP contribution in [-0.4, -0.2) is 15.7 Å². The molecule has 19 heavy (non-hydrogen) atoms. The number of benzene rings is 1. The van der Waals surface area contributed by atoms with Gasteiger partial charge >= 0.3 is 0 Å². The lowest BCUT2D eigenvalue weighted by Gasteiger charge is -2.21. The summed E-state index contributed by atoms with van der Waals surface area (Å²) in [5.74, 6) is 0.233.